The van der Waals surface area contributed by atoms with E-state index < -0.39 is 0 Å². The van der Waals surface area contributed by atoms with Crippen LogP contribution in [-0.2, 0) is 0 Å². The molecule has 0 fully saturated rings. The van der Waals surface area contributed by atoms with Crippen LogP contribution in [0.15, 0.2) is 40.8 Å². The lowest BCUT2D eigenvalue weighted by molar-refractivity contribution is 0.0935. The summed E-state index contributed by atoms with van der Waals surface area (Å²) in [5.74, 6) is 1.44. The Morgan fingerprint density at radius 2 is 2.12 bits per heavy atom. The van der Waals surface area contributed by atoms with E-state index in [0.717, 1.165) is 11.3 Å². The normalized spacial score (nSPS) is 19.5. The molecule has 0 bridgehead atoms. The minimum absolute atomic E-state index is 0.0878. The van der Waals surface area contributed by atoms with E-state index in [1.165, 1.54) is 0 Å². The summed E-state index contributed by atoms with van der Waals surface area (Å²) in [6, 6.07) is 7.20. The molecule has 0 aliphatic heterocycles. The second-order valence-corrected chi connectivity index (χ2v) is 5.80. The molecule has 6 nitrogen and oxygen atoms in total. The molecule has 2 aromatic rings. The van der Waals surface area contributed by atoms with Crippen LogP contribution in [0.5, 0.6) is 5.75 Å². The van der Waals surface area contributed by atoms with Crippen LogP contribution in [0.2, 0.25) is 0 Å². The highest BCUT2D eigenvalue weighted by atomic mass is 16.5. The zero-order valence-corrected chi connectivity index (χ0v) is 13.7. The van der Waals surface area contributed by atoms with Gasteiger partial charge in [0.1, 0.15) is 11.5 Å². The van der Waals surface area contributed by atoms with Crippen molar-refractivity contribution in [2.24, 2.45) is 5.92 Å². The molecule has 2 atom stereocenters. The van der Waals surface area contributed by atoms with Gasteiger partial charge in [0, 0.05) is 24.1 Å². The maximum absolute atomic E-state index is 12.4. The number of carbonyl (C=O) groups is 1. The summed E-state index contributed by atoms with van der Waals surface area (Å²) in [5, 5.41) is 12.0. The number of methoxy groups -OCH3 is 1. The Kier molecular flexibility index (Phi) is 4.66. The molecule has 0 saturated heterocycles. The second kappa shape index (κ2) is 6.88. The molecule has 1 heterocycles. The van der Waals surface area contributed by atoms with Gasteiger partial charge in [-0.15, -0.1) is 0 Å². The van der Waals surface area contributed by atoms with Gasteiger partial charge in [-0.3, -0.25) is 4.79 Å². The van der Waals surface area contributed by atoms with Gasteiger partial charge in [-0.05, 0) is 37.6 Å². The predicted octanol–water partition coefficient (Wildman–Crippen LogP) is 2.33. The lowest BCUT2D eigenvalue weighted by Crippen LogP contribution is -2.33. The van der Waals surface area contributed by atoms with Crippen molar-refractivity contribution in [3.63, 3.8) is 0 Å². The Balaban J connectivity index is 1.73. The van der Waals surface area contributed by atoms with Gasteiger partial charge in [0.05, 0.1) is 7.11 Å². The maximum atomic E-state index is 12.4. The molecule has 1 aliphatic rings. The SMILES string of the molecule is COc1ccc(-c2nc(C(=O)N[C@@H]3C=C[C@H](CO)C3)c(C)o2)cc1. The molecule has 0 radical (unpaired) electrons. The summed E-state index contributed by atoms with van der Waals surface area (Å²) in [6.45, 7) is 1.81. The summed E-state index contributed by atoms with van der Waals surface area (Å²) in [4.78, 5) is 16.7. The lowest BCUT2D eigenvalue weighted by Gasteiger charge is -2.11. The minimum Gasteiger partial charge on any atom is -0.497 e. The van der Waals surface area contributed by atoms with Gasteiger partial charge in [-0.1, -0.05) is 12.2 Å². The van der Waals surface area contributed by atoms with E-state index in [1.54, 1.807) is 14.0 Å². The van der Waals surface area contributed by atoms with Gasteiger partial charge in [0.15, 0.2) is 5.69 Å². The molecule has 1 amide bonds. The number of nitrogens with one attached hydrogen (secondary N) is 1. The van der Waals surface area contributed by atoms with E-state index in [4.69, 9.17) is 14.3 Å². The van der Waals surface area contributed by atoms with Crippen molar-refractivity contribution in [3.8, 4) is 17.2 Å². The number of hydrogen-bond acceptors (Lipinski definition) is 5. The molecule has 3 rings (SSSR count). The van der Waals surface area contributed by atoms with Crippen LogP contribution >= 0.6 is 0 Å². The Morgan fingerprint density at radius 1 is 1.38 bits per heavy atom. The van der Waals surface area contributed by atoms with Gasteiger partial charge in [0.25, 0.3) is 5.91 Å². The third kappa shape index (κ3) is 3.33. The van der Waals surface area contributed by atoms with Crippen LogP contribution in [0.4, 0.5) is 0 Å². The summed E-state index contributed by atoms with van der Waals surface area (Å²) < 4.78 is 10.8. The Labute approximate surface area is 140 Å². The zero-order valence-electron chi connectivity index (χ0n) is 13.7. The van der Waals surface area contributed by atoms with Crippen molar-refractivity contribution in [1.82, 2.24) is 10.3 Å². The molecule has 1 aliphatic carbocycles. The van der Waals surface area contributed by atoms with Gasteiger partial charge in [-0.25, -0.2) is 4.98 Å². The van der Waals surface area contributed by atoms with Crippen LogP contribution in [0.1, 0.15) is 22.7 Å². The zero-order chi connectivity index (χ0) is 17.1. The fourth-order valence-electron chi connectivity index (χ4n) is 2.72. The summed E-state index contributed by atoms with van der Waals surface area (Å²) in [5.41, 5.74) is 1.06. The van der Waals surface area contributed by atoms with Crippen LogP contribution < -0.4 is 10.1 Å². The van der Waals surface area contributed by atoms with E-state index in [1.807, 2.05) is 36.4 Å². The smallest absolute Gasteiger partial charge is 0.274 e. The lowest BCUT2D eigenvalue weighted by atomic mass is 10.1. The summed E-state index contributed by atoms with van der Waals surface area (Å²) >= 11 is 0. The average molecular weight is 328 g/mol. The number of ether oxygens (including phenoxy) is 1. The number of benzene rings is 1. The molecule has 0 saturated carbocycles. The van der Waals surface area contributed by atoms with Gasteiger partial charge < -0.3 is 19.6 Å². The molecule has 126 valence electrons. The first kappa shape index (κ1) is 16.3. The van der Waals surface area contributed by atoms with E-state index in [2.05, 4.69) is 10.3 Å². The number of nitrogens with zero attached hydrogens (tertiary/aromatic N) is 1. The fraction of sp³-hybridized carbons (Fsp3) is 0.333. The third-order valence-corrected chi connectivity index (χ3v) is 4.07. The highest BCUT2D eigenvalue weighted by molar-refractivity contribution is 5.94. The number of aromatic nitrogens is 1. The first-order valence-electron chi connectivity index (χ1n) is 7.82. The van der Waals surface area contributed by atoms with Gasteiger partial charge in [-0.2, -0.15) is 0 Å². The number of amides is 1. The maximum Gasteiger partial charge on any atom is 0.274 e. The van der Waals surface area contributed by atoms with Crippen molar-refractivity contribution >= 4 is 5.91 Å². The first-order chi connectivity index (χ1) is 11.6. The van der Waals surface area contributed by atoms with E-state index in [0.29, 0.717) is 18.1 Å². The van der Waals surface area contributed by atoms with Crippen molar-refractivity contribution in [1.29, 1.82) is 0 Å². The molecular weight excluding hydrogens is 308 g/mol. The number of carbonyl (C=O) groups excluding carboxylic acids is 1. The van der Waals surface area contributed by atoms with E-state index in [-0.39, 0.29) is 30.2 Å². The van der Waals surface area contributed by atoms with Crippen LogP contribution in [0.25, 0.3) is 11.5 Å². The Hall–Kier alpha value is -2.60. The predicted molar refractivity (Wildman–Crippen MR) is 88.8 cm³/mol. The molecule has 2 N–H and O–H groups in total. The number of aryl methyl sites for hydroxylation is 1. The van der Waals surface area contributed by atoms with Gasteiger partial charge >= 0.3 is 0 Å². The molecule has 1 aromatic heterocycles. The number of aliphatic hydroxyl groups is 1. The van der Waals surface area contributed by atoms with Gasteiger partial charge in [0.2, 0.25) is 5.89 Å². The number of oxazole rings is 1. The highest BCUT2D eigenvalue weighted by Crippen LogP contribution is 2.24. The van der Waals surface area contributed by atoms with Crippen LogP contribution in [0, 0.1) is 12.8 Å². The summed E-state index contributed by atoms with van der Waals surface area (Å²) in [6.07, 6.45) is 4.52. The molecule has 1 aromatic carbocycles. The van der Waals surface area contributed by atoms with Crippen molar-refractivity contribution < 1.29 is 19.1 Å². The highest BCUT2D eigenvalue weighted by Gasteiger charge is 2.23. The van der Waals surface area contributed by atoms with E-state index >= 15 is 0 Å². The standard InChI is InChI=1S/C18H20N2O4/c1-11-16(17(22)19-14-6-3-12(9-14)10-21)20-18(24-11)13-4-7-15(23-2)8-5-13/h3-8,12,14,21H,9-10H2,1-2H3,(H,19,22)/t12-,14+/m0/s1. The number of rotatable bonds is 5. The molecular formula is C18H20N2O4. The first-order valence-corrected chi connectivity index (χ1v) is 7.82. The Morgan fingerprint density at radius 3 is 2.75 bits per heavy atom. The monoisotopic (exact) mass is 328 g/mol. The number of hydrogen-bond donors (Lipinski definition) is 2. The molecule has 6 heteroatoms. The van der Waals surface area contributed by atoms with Crippen molar-refractivity contribution in [2.45, 2.75) is 19.4 Å². The van der Waals surface area contributed by atoms with Crippen LogP contribution in [0.3, 0.4) is 0 Å². The quantitative estimate of drug-likeness (QED) is 0.823. The topological polar surface area (TPSA) is 84.6 Å². The summed E-state index contributed by atoms with van der Waals surface area (Å²) in [7, 11) is 1.60. The minimum atomic E-state index is -0.274. The third-order valence-electron chi connectivity index (χ3n) is 4.07. The average Bonchev–Trinajstić information content (AvgIpc) is 3.21. The Bertz CT molecular complexity index is 749. The fourth-order valence-corrected chi connectivity index (χ4v) is 2.72. The largest absolute Gasteiger partial charge is 0.497 e. The van der Waals surface area contributed by atoms with Crippen molar-refractivity contribution in [3.05, 3.63) is 47.9 Å². The van der Waals surface area contributed by atoms with Crippen LogP contribution in [-0.4, -0.2) is 35.8 Å². The molecule has 0 unspecified atom stereocenters. The van der Waals surface area contributed by atoms with Crippen molar-refractivity contribution in [2.75, 3.05) is 13.7 Å². The van der Waals surface area contributed by atoms with E-state index in [9.17, 15) is 4.79 Å². The molecule has 24 heavy (non-hydrogen) atoms. The number of aliphatic hydroxyl groups excluding tert-OH is 1. The molecule has 0 spiro atoms. The second-order valence-electron chi connectivity index (χ2n) is 5.80.